The third-order valence-corrected chi connectivity index (χ3v) is 8.94. The molecule has 0 unspecified atom stereocenters. The Morgan fingerprint density at radius 3 is 1.68 bits per heavy atom. The molecular formula is C38H42F3N3O3. The van der Waals surface area contributed by atoms with Gasteiger partial charge in [0.15, 0.2) is 0 Å². The van der Waals surface area contributed by atoms with Crippen molar-refractivity contribution < 1.29 is 27.4 Å². The van der Waals surface area contributed by atoms with Gasteiger partial charge in [0.1, 0.15) is 11.9 Å². The molecule has 0 saturated carbocycles. The molecule has 0 bridgehead atoms. The highest BCUT2D eigenvalue weighted by molar-refractivity contribution is 5.40. The number of halogens is 3. The Morgan fingerprint density at radius 2 is 1.19 bits per heavy atom. The molecule has 1 aromatic heterocycles. The first-order valence-corrected chi connectivity index (χ1v) is 16.4. The van der Waals surface area contributed by atoms with Crippen LogP contribution in [0.4, 0.5) is 19.0 Å². The number of alkyl halides is 3. The number of pyridine rings is 1. The summed E-state index contributed by atoms with van der Waals surface area (Å²) < 4.78 is 59.3. The Bertz CT molecular complexity index is 1440. The molecule has 2 saturated heterocycles. The molecule has 0 radical (unpaired) electrons. The van der Waals surface area contributed by atoms with Crippen molar-refractivity contribution >= 4 is 5.82 Å². The van der Waals surface area contributed by atoms with Crippen LogP contribution in [0.15, 0.2) is 109 Å². The SMILES string of the molecule is FC(F)(F)c1ccc(N2CCC[C@@H](CN3C[C@H](OCc4ccccc4)C(OCc4ccccc4)[C@@H](OCc4ccccc4)C3)C2)nc1. The average Bonchev–Trinajstić information content (AvgIpc) is 3.10. The molecule has 0 amide bonds. The van der Waals surface area contributed by atoms with E-state index in [1.54, 1.807) is 0 Å². The molecule has 248 valence electrons. The number of nitrogens with zero attached hydrogens (tertiary/aromatic N) is 3. The second-order valence-corrected chi connectivity index (χ2v) is 12.5. The normalized spacial score (nSPS) is 21.2. The fraction of sp³-hybridized carbons (Fsp3) is 0.395. The van der Waals surface area contributed by atoms with Crippen molar-refractivity contribution in [2.45, 2.75) is 57.2 Å². The van der Waals surface area contributed by atoms with Crippen molar-refractivity contribution in [3.63, 3.8) is 0 Å². The molecule has 0 aliphatic carbocycles. The van der Waals surface area contributed by atoms with Crippen LogP contribution in [0.1, 0.15) is 35.1 Å². The maximum Gasteiger partial charge on any atom is 0.417 e. The van der Waals surface area contributed by atoms with Gasteiger partial charge in [-0.1, -0.05) is 91.0 Å². The number of aromatic nitrogens is 1. The fourth-order valence-electron chi connectivity index (χ4n) is 6.54. The van der Waals surface area contributed by atoms with E-state index in [1.807, 2.05) is 54.6 Å². The zero-order chi connectivity index (χ0) is 32.5. The van der Waals surface area contributed by atoms with Crippen molar-refractivity contribution in [2.75, 3.05) is 37.6 Å². The van der Waals surface area contributed by atoms with Crippen LogP contribution in [0.5, 0.6) is 0 Å². The minimum Gasteiger partial charge on any atom is -0.369 e. The molecule has 2 aliphatic rings. The van der Waals surface area contributed by atoms with Crippen LogP contribution in [0.3, 0.4) is 0 Å². The third-order valence-electron chi connectivity index (χ3n) is 8.94. The maximum atomic E-state index is 13.1. The summed E-state index contributed by atoms with van der Waals surface area (Å²) in [7, 11) is 0. The second-order valence-electron chi connectivity index (χ2n) is 12.5. The van der Waals surface area contributed by atoms with E-state index in [0.717, 1.165) is 61.4 Å². The van der Waals surface area contributed by atoms with Gasteiger partial charge in [0.25, 0.3) is 0 Å². The van der Waals surface area contributed by atoms with E-state index in [9.17, 15) is 13.2 Å². The summed E-state index contributed by atoms with van der Waals surface area (Å²) in [5.41, 5.74) is 2.56. The predicted octanol–water partition coefficient (Wildman–Crippen LogP) is 7.39. The molecule has 6 rings (SSSR count). The summed E-state index contributed by atoms with van der Waals surface area (Å²) in [6.45, 7) is 5.08. The molecule has 2 aliphatic heterocycles. The Kier molecular flexibility index (Phi) is 11.2. The number of hydrogen-bond donors (Lipinski definition) is 0. The van der Waals surface area contributed by atoms with Gasteiger partial charge in [-0.15, -0.1) is 0 Å². The Hall–Kier alpha value is -3.76. The summed E-state index contributed by atoms with van der Waals surface area (Å²) in [6.07, 6.45) is -2.22. The first-order chi connectivity index (χ1) is 22.9. The Balaban J connectivity index is 1.18. The Labute approximate surface area is 275 Å². The molecule has 0 N–H and O–H groups in total. The highest BCUT2D eigenvalue weighted by Crippen LogP contribution is 2.31. The number of piperidine rings is 2. The number of ether oxygens (including phenoxy) is 3. The summed E-state index contributed by atoms with van der Waals surface area (Å²) in [5, 5.41) is 0. The minimum atomic E-state index is -4.40. The molecule has 3 atom stereocenters. The van der Waals surface area contributed by atoms with Gasteiger partial charge in [0, 0.05) is 38.9 Å². The van der Waals surface area contributed by atoms with Crippen LogP contribution in [0, 0.1) is 5.92 Å². The van der Waals surface area contributed by atoms with E-state index < -0.39 is 11.7 Å². The van der Waals surface area contributed by atoms with E-state index in [1.165, 1.54) is 6.07 Å². The van der Waals surface area contributed by atoms with Crippen LogP contribution in [-0.4, -0.2) is 60.9 Å². The van der Waals surface area contributed by atoms with Crippen LogP contribution in [-0.2, 0) is 40.2 Å². The number of benzene rings is 3. The van der Waals surface area contributed by atoms with Crippen LogP contribution in [0.25, 0.3) is 0 Å². The largest absolute Gasteiger partial charge is 0.417 e. The van der Waals surface area contributed by atoms with E-state index in [0.29, 0.717) is 44.6 Å². The quantitative estimate of drug-likeness (QED) is 0.160. The van der Waals surface area contributed by atoms with Gasteiger partial charge < -0.3 is 19.1 Å². The first-order valence-electron chi connectivity index (χ1n) is 16.4. The van der Waals surface area contributed by atoms with Crippen molar-refractivity contribution in [1.29, 1.82) is 0 Å². The lowest BCUT2D eigenvalue weighted by Crippen LogP contribution is -2.59. The highest BCUT2D eigenvalue weighted by atomic mass is 19.4. The van der Waals surface area contributed by atoms with Gasteiger partial charge in [-0.2, -0.15) is 13.2 Å². The molecule has 4 aromatic rings. The molecule has 0 spiro atoms. The van der Waals surface area contributed by atoms with Crippen molar-refractivity contribution in [3.05, 3.63) is 132 Å². The third kappa shape index (κ3) is 9.41. The predicted molar refractivity (Wildman–Crippen MR) is 176 cm³/mol. The van der Waals surface area contributed by atoms with E-state index in [2.05, 4.69) is 51.2 Å². The summed E-state index contributed by atoms with van der Waals surface area (Å²) in [4.78, 5) is 8.70. The molecule has 9 heteroatoms. The molecule has 6 nitrogen and oxygen atoms in total. The molecule has 47 heavy (non-hydrogen) atoms. The molecular weight excluding hydrogens is 603 g/mol. The minimum absolute atomic E-state index is 0.232. The van der Waals surface area contributed by atoms with Gasteiger partial charge in [-0.05, 0) is 47.6 Å². The lowest BCUT2D eigenvalue weighted by Gasteiger charge is -2.45. The lowest BCUT2D eigenvalue weighted by atomic mass is 9.94. The molecule has 2 fully saturated rings. The summed E-state index contributed by atoms with van der Waals surface area (Å²) in [5.74, 6) is 0.906. The van der Waals surface area contributed by atoms with Crippen LogP contribution < -0.4 is 4.90 Å². The highest BCUT2D eigenvalue weighted by Gasteiger charge is 2.40. The number of rotatable bonds is 12. The number of likely N-dealkylation sites (tertiary alicyclic amines) is 1. The maximum absolute atomic E-state index is 13.1. The smallest absolute Gasteiger partial charge is 0.369 e. The Morgan fingerprint density at radius 1 is 0.660 bits per heavy atom. The van der Waals surface area contributed by atoms with Gasteiger partial charge in [0.05, 0.1) is 37.6 Å². The van der Waals surface area contributed by atoms with Crippen molar-refractivity contribution in [1.82, 2.24) is 9.88 Å². The van der Waals surface area contributed by atoms with Crippen molar-refractivity contribution in [3.8, 4) is 0 Å². The van der Waals surface area contributed by atoms with Crippen molar-refractivity contribution in [2.24, 2.45) is 5.92 Å². The first kappa shape index (κ1) is 33.2. The lowest BCUT2D eigenvalue weighted by molar-refractivity contribution is -0.185. The van der Waals surface area contributed by atoms with E-state index in [-0.39, 0.29) is 18.3 Å². The van der Waals surface area contributed by atoms with Crippen LogP contribution in [0.2, 0.25) is 0 Å². The number of hydrogen-bond acceptors (Lipinski definition) is 6. The zero-order valence-corrected chi connectivity index (χ0v) is 26.5. The van der Waals surface area contributed by atoms with Gasteiger partial charge in [-0.25, -0.2) is 4.98 Å². The fourth-order valence-corrected chi connectivity index (χ4v) is 6.54. The summed E-state index contributed by atoms with van der Waals surface area (Å²) >= 11 is 0. The number of anilines is 1. The standard InChI is InChI=1S/C38H42F3N3O3/c39-38(40,41)33-18-19-36(42-21-33)44-20-10-17-32(23-44)22-43-24-34(45-26-29-11-4-1-5-12-29)37(47-28-31-15-8-3-9-16-31)35(25-43)46-27-30-13-6-2-7-14-30/h1-9,11-16,18-19,21,32,34-35,37H,10,17,20,22-28H2/t32-,34-,35-/m0/s1. The zero-order valence-electron chi connectivity index (χ0n) is 26.5. The second kappa shape index (κ2) is 15.9. The van der Waals surface area contributed by atoms with E-state index >= 15 is 0 Å². The van der Waals surface area contributed by atoms with Gasteiger partial charge >= 0.3 is 6.18 Å². The topological polar surface area (TPSA) is 47.1 Å². The molecule has 3 heterocycles. The molecule has 3 aromatic carbocycles. The van der Waals surface area contributed by atoms with Gasteiger partial charge in [-0.3, -0.25) is 4.90 Å². The van der Waals surface area contributed by atoms with E-state index in [4.69, 9.17) is 14.2 Å². The monoisotopic (exact) mass is 645 g/mol. The summed E-state index contributed by atoms with van der Waals surface area (Å²) in [6, 6.07) is 33.1. The van der Waals surface area contributed by atoms with Gasteiger partial charge in [0.2, 0.25) is 0 Å². The average molecular weight is 646 g/mol. The van der Waals surface area contributed by atoms with Crippen LogP contribution >= 0.6 is 0 Å².